The number of carbonyl (C=O) groups excluding carboxylic acids is 2. The Morgan fingerprint density at radius 1 is 1.62 bits per heavy atom. The van der Waals surface area contributed by atoms with E-state index in [1.54, 1.807) is 6.92 Å². The van der Waals surface area contributed by atoms with Gasteiger partial charge in [0.05, 0.1) is 0 Å². The highest BCUT2D eigenvalue weighted by Crippen LogP contribution is 1.92. The molecule has 1 aromatic rings. The minimum Gasteiger partial charge on any atom is -0.370 e. The SMILES string of the molecule is CC(CC(N)=O)NC(=O)Cn1cnc(N)n1. The van der Waals surface area contributed by atoms with Crippen molar-refractivity contribution in [2.45, 2.75) is 25.9 Å². The number of hydrogen-bond acceptors (Lipinski definition) is 5. The van der Waals surface area contributed by atoms with E-state index < -0.39 is 5.91 Å². The van der Waals surface area contributed by atoms with Crippen LogP contribution in [0.4, 0.5) is 5.95 Å². The van der Waals surface area contributed by atoms with Gasteiger partial charge in [-0.1, -0.05) is 0 Å². The van der Waals surface area contributed by atoms with Crippen LogP contribution in [-0.4, -0.2) is 32.6 Å². The topological polar surface area (TPSA) is 129 Å². The van der Waals surface area contributed by atoms with E-state index in [1.807, 2.05) is 0 Å². The van der Waals surface area contributed by atoms with Gasteiger partial charge in [-0.15, -0.1) is 5.10 Å². The summed E-state index contributed by atoms with van der Waals surface area (Å²) in [4.78, 5) is 25.7. The van der Waals surface area contributed by atoms with E-state index in [4.69, 9.17) is 11.5 Å². The summed E-state index contributed by atoms with van der Waals surface area (Å²) in [6.07, 6.45) is 1.46. The Balaban J connectivity index is 2.38. The molecule has 0 aliphatic carbocycles. The molecule has 0 saturated carbocycles. The van der Waals surface area contributed by atoms with Gasteiger partial charge in [0.2, 0.25) is 17.8 Å². The molecule has 0 fully saturated rings. The van der Waals surface area contributed by atoms with Crippen molar-refractivity contribution in [3.05, 3.63) is 6.33 Å². The molecule has 1 rings (SSSR count). The van der Waals surface area contributed by atoms with E-state index >= 15 is 0 Å². The van der Waals surface area contributed by atoms with Crippen LogP contribution in [-0.2, 0) is 16.1 Å². The summed E-state index contributed by atoms with van der Waals surface area (Å²) in [6, 6.07) is -0.300. The summed E-state index contributed by atoms with van der Waals surface area (Å²) >= 11 is 0. The molecule has 0 radical (unpaired) electrons. The Hall–Kier alpha value is -2.12. The number of nitrogens with zero attached hydrogens (tertiary/aromatic N) is 3. The maximum absolute atomic E-state index is 11.4. The minimum absolute atomic E-state index is 0.00724. The van der Waals surface area contributed by atoms with Crippen LogP contribution in [0, 0.1) is 0 Å². The third-order valence-electron chi connectivity index (χ3n) is 1.77. The minimum atomic E-state index is -0.460. The fourth-order valence-corrected chi connectivity index (χ4v) is 1.21. The molecule has 0 aliphatic heterocycles. The van der Waals surface area contributed by atoms with Gasteiger partial charge in [0.15, 0.2) is 0 Å². The van der Waals surface area contributed by atoms with E-state index in [2.05, 4.69) is 15.4 Å². The van der Waals surface area contributed by atoms with Gasteiger partial charge in [-0.2, -0.15) is 0 Å². The molecule has 1 aromatic heterocycles. The Morgan fingerprint density at radius 3 is 2.81 bits per heavy atom. The molecule has 1 heterocycles. The number of carbonyl (C=O) groups is 2. The lowest BCUT2D eigenvalue weighted by Crippen LogP contribution is -2.37. The first-order valence-corrected chi connectivity index (χ1v) is 4.70. The maximum atomic E-state index is 11.4. The van der Waals surface area contributed by atoms with E-state index in [0.29, 0.717) is 0 Å². The van der Waals surface area contributed by atoms with Crippen LogP contribution in [0.1, 0.15) is 13.3 Å². The van der Waals surface area contributed by atoms with Crippen LogP contribution >= 0.6 is 0 Å². The van der Waals surface area contributed by atoms with Crippen LogP contribution in [0.2, 0.25) is 0 Å². The molecule has 0 aromatic carbocycles. The van der Waals surface area contributed by atoms with Crippen molar-refractivity contribution in [1.82, 2.24) is 20.1 Å². The van der Waals surface area contributed by atoms with E-state index in [1.165, 1.54) is 11.0 Å². The summed E-state index contributed by atoms with van der Waals surface area (Å²) in [5.74, 6) is -0.630. The Labute approximate surface area is 92.0 Å². The number of anilines is 1. The summed E-state index contributed by atoms with van der Waals surface area (Å²) in [6.45, 7) is 1.70. The molecule has 0 bridgehead atoms. The van der Waals surface area contributed by atoms with Gasteiger partial charge in [0.25, 0.3) is 0 Å². The van der Waals surface area contributed by atoms with Crippen molar-refractivity contribution in [3.63, 3.8) is 0 Å². The molecule has 8 nitrogen and oxygen atoms in total. The van der Waals surface area contributed by atoms with E-state index in [0.717, 1.165) is 0 Å². The van der Waals surface area contributed by atoms with Gasteiger partial charge in [-0.3, -0.25) is 9.59 Å². The van der Waals surface area contributed by atoms with Crippen LogP contribution in [0.15, 0.2) is 6.33 Å². The third-order valence-corrected chi connectivity index (χ3v) is 1.77. The van der Waals surface area contributed by atoms with Crippen LogP contribution in [0.25, 0.3) is 0 Å². The predicted molar refractivity (Wildman–Crippen MR) is 55.9 cm³/mol. The first-order chi connectivity index (χ1) is 7.47. The second-order valence-corrected chi connectivity index (χ2v) is 3.44. The molecular formula is C8H14N6O2. The number of hydrogen-bond donors (Lipinski definition) is 3. The van der Waals surface area contributed by atoms with Gasteiger partial charge < -0.3 is 16.8 Å². The van der Waals surface area contributed by atoms with Crippen LogP contribution in [0.3, 0.4) is 0 Å². The monoisotopic (exact) mass is 226 g/mol. The predicted octanol–water partition coefficient (Wildman–Crippen LogP) is -1.76. The zero-order chi connectivity index (χ0) is 12.1. The number of primary amides is 1. The molecule has 88 valence electrons. The van der Waals surface area contributed by atoms with Gasteiger partial charge in [-0.25, -0.2) is 9.67 Å². The Morgan fingerprint density at radius 2 is 2.31 bits per heavy atom. The van der Waals surface area contributed by atoms with Gasteiger partial charge >= 0.3 is 0 Å². The summed E-state index contributed by atoms with van der Waals surface area (Å²) in [5, 5.41) is 6.35. The number of nitrogens with one attached hydrogen (secondary N) is 1. The average molecular weight is 226 g/mol. The number of rotatable bonds is 5. The number of aromatic nitrogens is 3. The van der Waals surface area contributed by atoms with Crippen molar-refractivity contribution in [2.75, 3.05) is 5.73 Å². The number of amides is 2. The molecule has 2 amide bonds. The van der Waals surface area contributed by atoms with Gasteiger partial charge in [-0.05, 0) is 6.92 Å². The van der Waals surface area contributed by atoms with Crippen molar-refractivity contribution >= 4 is 17.8 Å². The second-order valence-electron chi connectivity index (χ2n) is 3.44. The molecule has 1 unspecified atom stereocenters. The van der Waals surface area contributed by atoms with Gasteiger partial charge in [0, 0.05) is 12.5 Å². The molecular weight excluding hydrogens is 212 g/mol. The van der Waals surface area contributed by atoms with Crippen LogP contribution in [0.5, 0.6) is 0 Å². The summed E-state index contributed by atoms with van der Waals surface area (Å²) in [5.41, 5.74) is 10.3. The maximum Gasteiger partial charge on any atom is 0.242 e. The second kappa shape index (κ2) is 5.10. The average Bonchev–Trinajstić information content (AvgIpc) is 2.48. The fraction of sp³-hybridized carbons (Fsp3) is 0.500. The zero-order valence-electron chi connectivity index (χ0n) is 8.88. The normalized spacial score (nSPS) is 12.1. The lowest BCUT2D eigenvalue weighted by molar-refractivity contribution is -0.123. The fourth-order valence-electron chi connectivity index (χ4n) is 1.21. The van der Waals surface area contributed by atoms with Crippen molar-refractivity contribution in [2.24, 2.45) is 5.73 Å². The standard InChI is InChI=1S/C8H14N6O2/c1-5(2-6(9)15)12-7(16)3-14-4-11-8(10)13-14/h4-5H,2-3H2,1H3,(H2,9,15)(H2,10,13)(H,12,16). The molecule has 5 N–H and O–H groups in total. The molecule has 16 heavy (non-hydrogen) atoms. The highest BCUT2D eigenvalue weighted by molar-refractivity contribution is 5.78. The lowest BCUT2D eigenvalue weighted by atomic mass is 10.2. The van der Waals surface area contributed by atoms with E-state index in [9.17, 15) is 9.59 Å². The van der Waals surface area contributed by atoms with Crippen molar-refractivity contribution in [1.29, 1.82) is 0 Å². The third kappa shape index (κ3) is 3.95. The van der Waals surface area contributed by atoms with E-state index in [-0.39, 0.29) is 30.9 Å². The quantitative estimate of drug-likeness (QED) is 0.547. The van der Waals surface area contributed by atoms with Crippen molar-refractivity contribution in [3.8, 4) is 0 Å². The highest BCUT2D eigenvalue weighted by atomic mass is 16.2. The first-order valence-electron chi connectivity index (χ1n) is 4.70. The molecule has 0 spiro atoms. The Kier molecular flexibility index (Phi) is 3.81. The molecule has 0 saturated heterocycles. The largest absolute Gasteiger partial charge is 0.370 e. The van der Waals surface area contributed by atoms with Crippen LogP contribution < -0.4 is 16.8 Å². The van der Waals surface area contributed by atoms with Gasteiger partial charge in [0.1, 0.15) is 12.9 Å². The summed E-state index contributed by atoms with van der Waals surface area (Å²) in [7, 11) is 0. The number of nitrogen functional groups attached to an aromatic ring is 1. The first kappa shape index (κ1) is 12.0. The molecule has 8 heteroatoms. The summed E-state index contributed by atoms with van der Waals surface area (Å²) < 4.78 is 1.31. The Bertz CT molecular complexity index is 388. The highest BCUT2D eigenvalue weighted by Gasteiger charge is 2.10. The zero-order valence-corrected chi connectivity index (χ0v) is 8.88. The number of nitrogens with two attached hydrogens (primary N) is 2. The smallest absolute Gasteiger partial charge is 0.242 e. The van der Waals surface area contributed by atoms with Crippen molar-refractivity contribution < 1.29 is 9.59 Å². The molecule has 1 atom stereocenters. The molecule has 0 aliphatic rings. The lowest BCUT2D eigenvalue weighted by Gasteiger charge is -2.11.